The van der Waals surface area contributed by atoms with Gasteiger partial charge in [-0.2, -0.15) is 0 Å². The van der Waals surface area contributed by atoms with E-state index < -0.39 is 5.97 Å². The Morgan fingerprint density at radius 3 is 3.00 bits per heavy atom. The van der Waals surface area contributed by atoms with Gasteiger partial charge in [-0.1, -0.05) is 11.3 Å². The summed E-state index contributed by atoms with van der Waals surface area (Å²) in [4.78, 5) is 10.2. The average Bonchev–Trinajstić information content (AvgIpc) is 2.87. The van der Waals surface area contributed by atoms with Gasteiger partial charge in [0.25, 0.3) is 0 Å². The van der Waals surface area contributed by atoms with Crippen LogP contribution in [0, 0.1) is 0 Å². The van der Waals surface area contributed by atoms with Crippen molar-refractivity contribution in [1.29, 1.82) is 0 Å². The van der Waals surface area contributed by atoms with Gasteiger partial charge in [-0.25, -0.2) is 0 Å². The number of aromatic nitrogens is 2. The van der Waals surface area contributed by atoms with Crippen LogP contribution in [0.5, 0.6) is 0 Å². The van der Waals surface area contributed by atoms with Crippen LogP contribution in [0.25, 0.3) is 0 Å². The Morgan fingerprint density at radius 1 is 1.57 bits per heavy atom. The Kier molecular flexibility index (Phi) is 2.62. The number of hydrogen-bond donors (Lipinski definition) is 2. The number of hydrogen-bond acceptors (Lipinski definition) is 5. The zero-order chi connectivity index (χ0) is 9.97. The predicted molar refractivity (Wildman–Crippen MR) is 52.6 cm³/mol. The van der Waals surface area contributed by atoms with E-state index in [-0.39, 0.29) is 6.42 Å². The normalized spacial score (nSPS) is 15.4. The van der Waals surface area contributed by atoms with E-state index in [4.69, 9.17) is 5.11 Å². The Labute approximate surface area is 85.2 Å². The molecule has 1 aliphatic carbocycles. The van der Waals surface area contributed by atoms with E-state index in [1.54, 1.807) is 0 Å². The van der Waals surface area contributed by atoms with Crippen molar-refractivity contribution in [3.8, 4) is 0 Å². The molecule has 0 bridgehead atoms. The Balaban J connectivity index is 1.80. The molecule has 2 N–H and O–H groups in total. The monoisotopic (exact) mass is 213 g/mol. The molecule has 0 saturated heterocycles. The van der Waals surface area contributed by atoms with Crippen molar-refractivity contribution in [1.82, 2.24) is 10.2 Å². The van der Waals surface area contributed by atoms with Crippen LogP contribution < -0.4 is 5.32 Å². The molecule has 1 aliphatic rings. The fraction of sp³-hybridized carbons (Fsp3) is 0.625. The van der Waals surface area contributed by atoms with Crippen LogP contribution >= 0.6 is 11.3 Å². The standard InChI is InChI=1S/C8H11N3O2S/c12-6(13)3-4-9-8-11-10-7(14-8)5-1-2-5/h5H,1-4H2,(H,9,11)(H,12,13). The summed E-state index contributed by atoms with van der Waals surface area (Å²) in [6.07, 6.45) is 2.53. The van der Waals surface area contributed by atoms with E-state index in [2.05, 4.69) is 15.5 Å². The highest BCUT2D eigenvalue weighted by atomic mass is 32.1. The van der Waals surface area contributed by atoms with Crippen molar-refractivity contribution in [2.45, 2.75) is 25.2 Å². The number of aliphatic carboxylic acids is 1. The number of anilines is 1. The van der Waals surface area contributed by atoms with Crippen molar-refractivity contribution in [2.75, 3.05) is 11.9 Å². The fourth-order valence-corrected chi connectivity index (χ4v) is 2.02. The minimum Gasteiger partial charge on any atom is -0.481 e. The van der Waals surface area contributed by atoms with Crippen LogP contribution in [0.3, 0.4) is 0 Å². The van der Waals surface area contributed by atoms with Gasteiger partial charge in [-0.15, -0.1) is 10.2 Å². The van der Waals surface area contributed by atoms with Crippen LogP contribution in [0.4, 0.5) is 5.13 Å². The summed E-state index contributed by atoms with van der Waals surface area (Å²) < 4.78 is 0. The fourth-order valence-electron chi connectivity index (χ4n) is 1.08. The third-order valence-electron chi connectivity index (χ3n) is 1.98. The number of carboxylic acids is 1. The topological polar surface area (TPSA) is 75.1 Å². The van der Waals surface area contributed by atoms with Gasteiger partial charge in [-0.3, -0.25) is 4.79 Å². The van der Waals surface area contributed by atoms with E-state index in [1.807, 2.05) is 0 Å². The maximum Gasteiger partial charge on any atom is 0.305 e. The lowest BCUT2D eigenvalue weighted by atomic mass is 10.4. The lowest BCUT2D eigenvalue weighted by Gasteiger charge is -1.96. The smallest absolute Gasteiger partial charge is 0.305 e. The lowest BCUT2D eigenvalue weighted by Crippen LogP contribution is -2.07. The first-order valence-electron chi connectivity index (χ1n) is 4.55. The highest BCUT2D eigenvalue weighted by Gasteiger charge is 2.27. The molecule has 76 valence electrons. The first-order chi connectivity index (χ1) is 6.75. The molecule has 1 saturated carbocycles. The first-order valence-corrected chi connectivity index (χ1v) is 5.36. The zero-order valence-corrected chi connectivity index (χ0v) is 8.38. The summed E-state index contributed by atoms with van der Waals surface area (Å²) in [6, 6.07) is 0. The van der Waals surface area contributed by atoms with Crippen molar-refractivity contribution >= 4 is 22.4 Å². The molecular weight excluding hydrogens is 202 g/mol. The molecule has 2 rings (SSSR count). The Hall–Kier alpha value is -1.17. The van der Waals surface area contributed by atoms with Gasteiger partial charge in [0.2, 0.25) is 5.13 Å². The van der Waals surface area contributed by atoms with E-state index in [9.17, 15) is 4.79 Å². The molecule has 1 aromatic heterocycles. The van der Waals surface area contributed by atoms with Crippen molar-refractivity contribution in [3.05, 3.63) is 5.01 Å². The molecular formula is C8H11N3O2S. The van der Waals surface area contributed by atoms with E-state index in [1.165, 1.54) is 24.2 Å². The third-order valence-corrected chi connectivity index (χ3v) is 3.03. The molecule has 1 aromatic rings. The molecule has 0 unspecified atom stereocenters. The Bertz CT molecular complexity index is 335. The van der Waals surface area contributed by atoms with Gasteiger partial charge >= 0.3 is 5.97 Å². The van der Waals surface area contributed by atoms with Gasteiger partial charge in [0.15, 0.2) is 0 Å². The highest BCUT2D eigenvalue weighted by Crippen LogP contribution is 2.41. The number of nitrogens with one attached hydrogen (secondary N) is 1. The summed E-state index contributed by atoms with van der Waals surface area (Å²) >= 11 is 1.53. The molecule has 6 heteroatoms. The average molecular weight is 213 g/mol. The summed E-state index contributed by atoms with van der Waals surface area (Å²) in [5.74, 6) is -0.188. The second-order valence-electron chi connectivity index (χ2n) is 3.29. The van der Waals surface area contributed by atoms with Crippen LogP contribution in [0.2, 0.25) is 0 Å². The Morgan fingerprint density at radius 2 is 2.36 bits per heavy atom. The second-order valence-corrected chi connectivity index (χ2v) is 4.30. The molecule has 5 nitrogen and oxygen atoms in total. The van der Waals surface area contributed by atoms with Crippen molar-refractivity contribution in [2.24, 2.45) is 0 Å². The summed E-state index contributed by atoms with van der Waals surface area (Å²) in [5.41, 5.74) is 0. The molecule has 1 fully saturated rings. The molecule has 0 spiro atoms. The predicted octanol–water partition coefficient (Wildman–Crippen LogP) is 1.30. The van der Waals surface area contributed by atoms with E-state index in [0.717, 1.165) is 10.1 Å². The lowest BCUT2D eigenvalue weighted by molar-refractivity contribution is -0.136. The first kappa shape index (κ1) is 9.39. The molecule has 0 aromatic carbocycles. The maximum absolute atomic E-state index is 10.2. The van der Waals surface area contributed by atoms with Gasteiger partial charge in [0, 0.05) is 12.5 Å². The molecule has 0 amide bonds. The summed E-state index contributed by atoms with van der Waals surface area (Å²) in [5, 5.41) is 21.1. The van der Waals surface area contributed by atoms with Crippen LogP contribution in [-0.2, 0) is 4.79 Å². The molecule has 1 heterocycles. The van der Waals surface area contributed by atoms with E-state index in [0.29, 0.717) is 12.5 Å². The van der Waals surface area contributed by atoms with Crippen molar-refractivity contribution in [3.63, 3.8) is 0 Å². The van der Waals surface area contributed by atoms with Gasteiger partial charge < -0.3 is 10.4 Å². The number of carboxylic acid groups (broad SMARTS) is 1. The third kappa shape index (κ3) is 2.41. The molecule has 14 heavy (non-hydrogen) atoms. The highest BCUT2D eigenvalue weighted by molar-refractivity contribution is 7.15. The maximum atomic E-state index is 10.2. The van der Waals surface area contributed by atoms with Crippen LogP contribution in [0.1, 0.15) is 30.2 Å². The zero-order valence-electron chi connectivity index (χ0n) is 7.56. The number of nitrogens with zero attached hydrogens (tertiary/aromatic N) is 2. The molecule has 0 atom stereocenters. The van der Waals surface area contributed by atoms with Crippen molar-refractivity contribution < 1.29 is 9.90 Å². The minimum atomic E-state index is -0.801. The van der Waals surface area contributed by atoms with Gasteiger partial charge in [0.05, 0.1) is 6.42 Å². The molecule has 0 aliphatic heterocycles. The summed E-state index contributed by atoms with van der Waals surface area (Å²) in [7, 11) is 0. The van der Waals surface area contributed by atoms with Gasteiger partial charge in [0.1, 0.15) is 5.01 Å². The summed E-state index contributed by atoms with van der Waals surface area (Å²) in [6.45, 7) is 0.411. The number of rotatable bonds is 5. The SMILES string of the molecule is O=C(O)CCNc1nnc(C2CC2)s1. The quantitative estimate of drug-likeness (QED) is 0.771. The van der Waals surface area contributed by atoms with Crippen LogP contribution in [0.15, 0.2) is 0 Å². The minimum absolute atomic E-state index is 0.109. The number of carbonyl (C=O) groups is 1. The van der Waals surface area contributed by atoms with Crippen LogP contribution in [-0.4, -0.2) is 27.8 Å². The van der Waals surface area contributed by atoms with Gasteiger partial charge in [-0.05, 0) is 12.8 Å². The largest absolute Gasteiger partial charge is 0.481 e. The molecule has 0 radical (unpaired) electrons. The van der Waals surface area contributed by atoms with E-state index >= 15 is 0 Å². The second kappa shape index (κ2) is 3.91.